The van der Waals surface area contributed by atoms with Crippen LogP contribution in [0.2, 0.25) is 0 Å². The second-order valence-corrected chi connectivity index (χ2v) is 17.9. The normalized spacial score (nSPS) is 12.7. The van der Waals surface area contributed by atoms with Gasteiger partial charge in [0.1, 0.15) is 0 Å². The van der Waals surface area contributed by atoms with Crippen molar-refractivity contribution in [2.75, 3.05) is 13.2 Å². The smallest absolute Gasteiger partial charge is 0.305 e. The molecule has 3 N–H and O–H groups in total. The minimum absolute atomic E-state index is 0.0165. The molecule has 0 saturated heterocycles. The van der Waals surface area contributed by atoms with E-state index in [0.717, 1.165) is 57.8 Å². The summed E-state index contributed by atoms with van der Waals surface area (Å²) in [5, 5.41) is 23.0. The molecule has 0 heterocycles. The van der Waals surface area contributed by atoms with Crippen molar-refractivity contribution in [1.29, 1.82) is 0 Å². The van der Waals surface area contributed by atoms with E-state index in [0.29, 0.717) is 19.4 Å². The summed E-state index contributed by atoms with van der Waals surface area (Å²) in [5.41, 5.74) is 0. The van der Waals surface area contributed by atoms with Crippen LogP contribution in [0.3, 0.4) is 0 Å². The number of allylic oxidation sites excluding steroid dienone is 1. The van der Waals surface area contributed by atoms with Crippen LogP contribution in [0.25, 0.3) is 0 Å². The molecule has 0 aliphatic carbocycles. The molecule has 1 amide bonds. The fourth-order valence-corrected chi connectivity index (χ4v) is 8.05. The minimum atomic E-state index is -0.857. The molecule has 6 heteroatoms. The van der Waals surface area contributed by atoms with Crippen molar-refractivity contribution >= 4 is 11.9 Å². The summed E-state index contributed by atoms with van der Waals surface area (Å²) in [6.07, 6.45) is 55.0. The Bertz CT molecular complexity index is 863. The van der Waals surface area contributed by atoms with E-state index in [9.17, 15) is 19.8 Å². The van der Waals surface area contributed by atoms with Crippen LogP contribution in [-0.4, -0.2) is 47.4 Å². The number of aliphatic hydroxyl groups is 2. The Balaban J connectivity index is 3.47. The van der Waals surface area contributed by atoms with Crippen molar-refractivity contribution in [1.82, 2.24) is 5.32 Å². The average molecular weight is 820 g/mol. The number of hydrogen-bond acceptors (Lipinski definition) is 5. The number of esters is 1. The highest BCUT2D eigenvalue weighted by atomic mass is 16.5. The zero-order valence-electron chi connectivity index (χ0n) is 39.0. The molecule has 2 unspecified atom stereocenters. The van der Waals surface area contributed by atoms with Crippen LogP contribution >= 0.6 is 0 Å². The van der Waals surface area contributed by atoms with Gasteiger partial charge < -0.3 is 20.3 Å². The summed E-state index contributed by atoms with van der Waals surface area (Å²) in [6.45, 7) is 4.86. The van der Waals surface area contributed by atoms with Gasteiger partial charge in [0.2, 0.25) is 5.91 Å². The van der Waals surface area contributed by atoms with E-state index >= 15 is 0 Å². The van der Waals surface area contributed by atoms with E-state index < -0.39 is 12.1 Å². The highest BCUT2D eigenvalue weighted by Crippen LogP contribution is 2.16. The lowest BCUT2D eigenvalue weighted by molar-refractivity contribution is -0.143. The first-order valence-corrected chi connectivity index (χ1v) is 26.0. The van der Waals surface area contributed by atoms with Crippen LogP contribution in [0.1, 0.15) is 284 Å². The molecule has 0 rings (SSSR count). The lowest BCUT2D eigenvalue weighted by Gasteiger charge is -2.20. The third kappa shape index (κ3) is 44.2. The monoisotopic (exact) mass is 820 g/mol. The molecular weight excluding hydrogens is 719 g/mol. The predicted octanol–water partition coefficient (Wildman–Crippen LogP) is 15.3. The molecule has 58 heavy (non-hydrogen) atoms. The quantitative estimate of drug-likeness (QED) is 0.0323. The molecule has 2 atom stereocenters. The van der Waals surface area contributed by atoms with Gasteiger partial charge in [-0.1, -0.05) is 251 Å². The van der Waals surface area contributed by atoms with Crippen LogP contribution in [-0.2, 0) is 14.3 Å². The number of amides is 1. The molecule has 0 fully saturated rings. The van der Waals surface area contributed by atoms with E-state index in [4.69, 9.17) is 4.74 Å². The van der Waals surface area contributed by atoms with Crippen molar-refractivity contribution in [2.24, 2.45) is 0 Å². The van der Waals surface area contributed by atoms with Crippen LogP contribution in [0.4, 0.5) is 0 Å². The highest BCUT2D eigenvalue weighted by molar-refractivity contribution is 5.76. The molecule has 0 aromatic carbocycles. The van der Waals surface area contributed by atoms with Gasteiger partial charge >= 0.3 is 5.97 Å². The van der Waals surface area contributed by atoms with E-state index in [-0.39, 0.29) is 18.5 Å². The standard InChI is InChI=1S/C52H101NO5/c1-3-5-7-9-11-13-15-17-18-19-20-21-23-25-30-34-38-42-46-52(57)58-47-43-39-35-31-27-26-29-33-37-41-45-51(56)53-49(48-54)50(55)44-40-36-32-28-24-22-16-14-12-10-8-6-4-2/h40,44,49-50,54-55H,3-39,41-43,45-48H2,1-2H3,(H,53,56)/b44-40+. The first-order valence-electron chi connectivity index (χ1n) is 26.0. The third-order valence-corrected chi connectivity index (χ3v) is 12.1. The van der Waals surface area contributed by atoms with Crippen molar-refractivity contribution in [3.05, 3.63) is 12.2 Å². The van der Waals surface area contributed by atoms with Crippen molar-refractivity contribution < 1.29 is 24.5 Å². The number of ether oxygens (including phenoxy) is 1. The summed E-state index contributed by atoms with van der Waals surface area (Å²) >= 11 is 0. The molecule has 344 valence electrons. The van der Waals surface area contributed by atoms with Gasteiger partial charge in [0.25, 0.3) is 0 Å². The molecule has 0 bridgehead atoms. The van der Waals surface area contributed by atoms with Gasteiger partial charge in [-0.25, -0.2) is 0 Å². The molecule has 0 aliphatic heterocycles. The molecule has 0 aromatic heterocycles. The average Bonchev–Trinajstić information content (AvgIpc) is 3.22. The number of rotatable bonds is 48. The summed E-state index contributed by atoms with van der Waals surface area (Å²) in [6, 6.07) is -0.642. The summed E-state index contributed by atoms with van der Waals surface area (Å²) in [7, 11) is 0. The Labute approximate surface area is 361 Å². The Morgan fingerprint density at radius 3 is 1.17 bits per heavy atom. The molecule has 0 radical (unpaired) electrons. The minimum Gasteiger partial charge on any atom is -0.466 e. The van der Waals surface area contributed by atoms with Gasteiger partial charge in [-0.3, -0.25) is 9.59 Å². The number of hydrogen-bond donors (Lipinski definition) is 3. The molecule has 0 aromatic rings. The Morgan fingerprint density at radius 2 is 0.793 bits per heavy atom. The Morgan fingerprint density at radius 1 is 0.466 bits per heavy atom. The number of nitrogens with one attached hydrogen (secondary N) is 1. The van der Waals surface area contributed by atoms with E-state index in [2.05, 4.69) is 19.2 Å². The predicted molar refractivity (Wildman–Crippen MR) is 250 cm³/mol. The molecule has 0 aliphatic rings. The maximum Gasteiger partial charge on any atom is 0.305 e. The highest BCUT2D eigenvalue weighted by Gasteiger charge is 2.18. The zero-order valence-corrected chi connectivity index (χ0v) is 39.0. The third-order valence-electron chi connectivity index (χ3n) is 12.1. The fourth-order valence-electron chi connectivity index (χ4n) is 8.05. The number of unbranched alkanes of at least 4 members (excludes halogenated alkanes) is 37. The van der Waals surface area contributed by atoms with Gasteiger partial charge in [0.15, 0.2) is 0 Å². The first-order chi connectivity index (χ1) is 28.5. The first kappa shape index (κ1) is 56.6. The van der Waals surface area contributed by atoms with Crippen LogP contribution in [0.15, 0.2) is 12.2 Å². The Kier molecular flexibility index (Phi) is 47.1. The van der Waals surface area contributed by atoms with Gasteiger partial charge in [-0.05, 0) is 32.1 Å². The Hall–Kier alpha value is -1.40. The molecule has 6 nitrogen and oxygen atoms in total. The number of aliphatic hydroxyl groups excluding tert-OH is 2. The summed E-state index contributed by atoms with van der Waals surface area (Å²) < 4.78 is 5.47. The van der Waals surface area contributed by atoms with Gasteiger partial charge in [-0.2, -0.15) is 0 Å². The SMILES string of the molecule is CCCCCCCCCCCCC/C=C/C(O)C(CO)NC(=O)CCCCCCCCCCCCOC(=O)CCCCCCCCCCCCCCCCCCCC. The second kappa shape index (κ2) is 48.3. The lowest BCUT2D eigenvalue weighted by atomic mass is 10.0. The fraction of sp³-hybridized carbons (Fsp3) is 0.923. The van der Waals surface area contributed by atoms with Crippen LogP contribution in [0.5, 0.6) is 0 Å². The number of carbonyl (C=O) groups is 2. The molecular formula is C52H101NO5. The maximum absolute atomic E-state index is 12.4. The van der Waals surface area contributed by atoms with Gasteiger partial charge in [0, 0.05) is 12.8 Å². The van der Waals surface area contributed by atoms with Crippen molar-refractivity contribution in [2.45, 2.75) is 296 Å². The largest absolute Gasteiger partial charge is 0.466 e. The van der Waals surface area contributed by atoms with Crippen LogP contribution in [0, 0.1) is 0 Å². The lowest BCUT2D eigenvalue weighted by Crippen LogP contribution is -2.45. The molecule has 0 saturated carbocycles. The van der Waals surface area contributed by atoms with E-state index in [1.807, 2.05) is 6.08 Å². The van der Waals surface area contributed by atoms with Crippen molar-refractivity contribution in [3.8, 4) is 0 Å². The summed E-state index contributed by atoms with van der Waals surface area (Å²) in [5.74, 6) is -0.106. The second-order valence-electron chi connectivity index (χ2n) is 17.9. The molecule has 0 spiro atoms. The number of carbonyl (C=O) groups excluding carboxylic acids is 2. The topological polar surface area (TPSA) is 95.9 Å². The van der Waals surface area contributed by atoms with Crippen LogP contribution < -0.4 is 5.32 Å². The summed E-state index contributed by atoms with van der Waals surface area (Å²) in [4.78, 5) is 24.5. The van der Waals surface area contributed by atoms with E-state index in [1.54, 1.807) is 6.08 Å². The van der Waals surface area contributed by atoms with Gasteiger partial charge in [0.05, 0.1) is 25.4 Å². The maximum atomic E-state index is 12.4. The van der Waals surface area contributed by atoms with E-state index in [1.165, 1.54) is 199 Å². The zero-order chi connectivity index (χ0) is 42.3. The van der Waals surface area contributed by atoms with Crippen molar-refractivity contribution in [3.63, 3.8) is 0 Å². The van der Waals surface area contributed by atoms with Gasteiger partial charge in [-0.15, -0.1) is 0 Å².